The normalized spacial score (nSPS) is 26.9. The van der Waals surface area contributed by atoms with Gasteiger partial charge in [0.1, 0.15) is 0 Å². The van der Waals surface area contributed by atoms with Gasteiger partial charge in [0.05, 0.1) is 11.8 Å². The van der Waals surface area contributed by atoms with Crippen molar-refractivity contribution < 1.29 is 5.11 Å². The number of rotatable bonds is 2. The molecule has 5 nitrogen and oxygen atoms in total. The number of aromatic nitrogens is 2. The summed E-state index contributed by atoms with van der Waals surface area (Å²) in [5, 5.41) is 16.4. The Bertz CT molecular complexity index is 303. The maximum atomic E-state index is 9.07. The summed E-state index contributed by atoms with van der Waals surface area (Å²) in [5.74, 6) is 0.722. The smallest absolute Gasteiger partial charge is 0.171 e. The average Bonchev–Trinajstić information content (AvgIpc) is 2.27. The molecule has 1 aromatic heterocycles. The van der Waals surface area contributed by atoms with Crippen LogP contribution in [0.4, 0.5) is 11.5 Å². The highest BCUT2D eigenvalue weighted by molar-refractivity contribution is 5.60. The van der Waals surface area contributed by atoms with Crippen LogP contribution >= 0.6 is 0 Å². The summed E-state index contributed by atoms with van der Waals surface area (Å²) >= 11 is 0. The first kappa shape index (κ1) is 8.37. The number of nitrogens with two attached hydrogens (primary N) is 1. The number of anilines is 2. The Morgan fingerprint density at radius 3 is 2.85 bits per heavy atom. The first-order valence-corrected chi connectivity index (χ1v) is 4.39. The summed E-state index contributed by atoms with van der Waals surface area (Å²) in [4.78, 5) is 0. The third-order valence-electron chi connectivity index (χ3n) is 2.31. The molecule has 0 aliphatic heterocycles. The van der Waals surface area contributed by atoms with Crippen molar-refractivity contribution in [3.63, 3.8) is 0 Å². The van der Waals surface area contributed by atoms with Crippen molar-refractivity contribution in [2.45, 2.75) is 25.0 Å². The second-order valence-electron chi connectivity index (χ2n) is 3.57. The predicted molar refractivity (Wildman–Crippen MR) is 50.3 cm³/mol. The minimum Gasteiger partial charge on any atom is -0.394 e. The zero-order chi connectivity index (χ0) is 9.42. The van der Waals surface area contributed by atoms with Crippen LogP contribution in [0.25, 0.3) is 0 Å². The molecule has 1 fully saturated rings. The van der Waals surface area contributed by atoms with Crippen LogP contribution in [0.1, 0.15) is 12.8 Å². The van der Waals surface area contributed by atoms with Gasteiger partial charge in [0.25, 0.3) is 0 Å². The van der Waals surface area contributed by atoms with Crippen LogP contribution < -0.4 is 11.1 Å². The molecule has 1 saturated carbocycles. The van der Waals surface area contributed by atoms with E-state index in [1.807, 2.05) is 7.05 Å². The van der Waals surface area contributed by atoms with Crippen LogP contribution in [0.5, 0.6) is 0 Å². The van der Waals surface area contributed by atoms with Gasteiger partial charge in [-0.25, -0.2) is 0 Å². The van der Waals surface area contributed by atoms with E-state index in [4.69, 9.17) is 10.8 Å². The molecule has 72 valence electrons. The van der Waals surface area contributed by atoms with Gasteiger partial charge in [-0.2, -0.15) is 5.10 Å². The highest BCUT2D eigenvalue weighted by atomic mass is 16.3. The quantitative estimate of drug-likeness (QED) is 0.598. The second kappa shape index (κ2) is 2.92. The molecule has 0 amide bonds. The maximum Gasteiger partial charge on any atom is 0.171 e. The minimum atomic E-state index is -0.151. The van der Waals surface area contributed by atoms with E-state index in [0.29, 0.717) is 11.7 Å². The molecule has 4 N–H and O–H groups in total. The zero-order valence-corrected chi connectivity index (χ0v) is 7.57. The number of nitrogens with zero attached hydrogens (tertiary/aromatic N) is 2. The van der Waals surface area contributed by atoms with Gasteiger partial charge in [0.2, 0.25) is 0 Å². The van der Waals surface area contributed by atoms with Crippen molar-refractivity contribution in [2.24, 2.45) is 7.05 Å². The molecule has 5 heteroatoms. The van der Waals surface area contributed by atoms with Crippen molar-refractivity contribution in [1.29, 1.82) is 0 Å². The van der Waals surface area contributed by atoms with Gasteiger partial charge in [-0.1, -0.05) is 0 Å². The van der Waals surface area contributed by atoms with Gasteiger partial charge in [-0.3, -0.25) is 4.68 Å². The second-order valence-corrected chi connectivity index (χ2v) is 3.57. The number of hydrogen-bond acceptors (Lipinski definition) is 4. The Morgan fingerprint density at radius 2 is 2.38 bits per heavy atom. The fraction of sp³-hybridized carbons (Fsp3) is 0.625. The van der Waals surface area contributed by atoms with Crippen molar-refractivity contribution in [1.82, 2.24) is 9.78 Å². The Labute approximate surface area is 76.5 Å². The number of aliphatic hydroxyl groups excluding tert-OH is 1. The van der Waals surface area contributed by atoms with Crippen molar-refractivity contribution >= 4 is 11.5 Å². The molecular weight excluding hydrogens is 168 g/mol. The summed E-state index contributed by atoms with van der Waals surface area (Å²) < 4.78 is 1.67. The van der Waals surface area contributed by atoms with Crippen LogP contribution in [0.15, 0.2) is 6.20 Å². The standard InChI is InChI=1S/C8H14N4O/c1-12-4-7(9)8(11-12)10-5-2-6(13)3-5/h4-6,13H,2-3,9H2,1H3,(H,10,11). The van der Waals surface area contributed by atoms with E-state index in [2.05, 4.69) is 10.4 Å². The molecule has 2 rings (SSSR count). The summed E-state index contributed by atoms with van der Waals surface area (Å²) in [6.45, 7) is 0. The Balaban J connectivity index is 1.98. The van der Waals surface area contributed by atoms with Crippen LogP contribution in [0.3, 0.4) is 0 Å². The lowest BCUT2D eigenvalue weighted by atomic mass is 9.89. The lowest BCUT2D eigenvalue weighted by Crippen LogP contribution is -2.39. The lowest BCUT2D eigenvalue weighted by Gasteiger charge is -2.32. The molecule has 1 aromatic rings. The van der Waals surface area contributed by atoms with Gasteiger partial charge in [0, 0.05) is 19.3 Å². The molecule has 1 aliphatic rings. The SMILES string of the molecule is Cn1cc(N)c(NC2CC(O)C2)n1. The van der Waals surface area contributed by atoms with Gasteiger partial charge < -0.3 is 16.2 Å². The average molecular weight is 182 g/mol. The minimum absolute atomic E-state index is 0.151. The fourth-order valence-electron chi connectivity index (χ4n) is 1.52. The van der Waals surface area contributed by atoms with E-state index in [1.165, 1.54) is 0 Å². The number of hydrogen-bond donors (Lipinski definition) is 3. The van der Waals surface area contributed by atoms with Crippen molar-refractivity contribution in [2.75, 3.05) is 11.1 Å². The summed E-state index contributed by atoms with van der Waals surface area (Å²) in [6.07, 6.45) is 3.19. The van der Waals surface area contributed by atoms with Gasteiger partial charge in [-0.15, -0.1) is 0 Å². The van der Waals surface area contributed by atoms with E-state index in [1.54, 1.807) is 10.9 Å². The largest absolute Gasteiger partial charge is 0.394 e. The molecule has 0 bridgehead atoms. The molecule has 0 atom stereocenters. The molecule has 1 aliphatic carbocycles. The van der Waals surface area contributed by atoms with Crippen molar-refractivity contribution in [3.8, 4) is 0 Å². The Kier molecular flexibility index (Phi) is 1.88. The van der Waals surface area contributed by atoms with Gasteiger partial charge in [0.15, 0.2) is 5.82 Å². The van der Waals surface area contributed by atoms with E-state index >= 15 is 0 Å². The van der Waals surface area contributed by atoms with E-state index in [0.717, 1.165) is 18.7 Å². The Morgan fingerprint density at radius 1 is 1.69 bits per heavy atom. The van der Waals surface area contributed by atoms with E-state index in [9.17, 15) is 0 Å². The third kappa shape index (κ3) is 1.60. The topological polar surface area (TPSA) is 76.1 Å². The number of nitrogen functional groups attached to an aromatic ring is 1. The number of nitrogens with one attached hydrogen (secondary N) is 1. The van der Waals surface area contributed by atoms with Crippen molar-refractivity contribution in [3.05, 3.63) is 6.20 Å². The monoisotopic (exact) mass is 182 g/mol. The summed E-state index contributed by atoms with van der Waals surface area (Å²) in [5.41, 5.74) is 6.35. The predicted octanol–water partition coefficient (Wildman–Crippen LogP) is -0.0625. The lowest BCUT2D eigenvalue weighted by molar-refractivity contribution is 0.0835. The number of aliphatic hydroxyl groups is 1. The maximum absolute atomic E-state index is 9.07. The van der Waals surface area contributed by atoms with Gasteiger partial charge in [-0.05, 0) is 12.8 Å². The molecule has 13 heavy (non-hydrogen) atoms. The van der Waals surface area contributed by atoms with Crippen LogP contribution in [-0.4, -0.2) is 27.0 Å². The van der Waals surface area contributed by atoms with E-state index < -0.39 is 0 Å². The third-order valence-corrected chi connectivity index (χ3v) is 2.31. The fourth-order valence-corrected chi connectivity index (χ4v) is 1.52. The number of aryl methyl sites for hydroxylation is 1. The Hall–Kier alpha value is -1.23. The first-order valence-electron chi connectivity index (χ1n) is 4.39. The molecule has 0 unspecified atom stereocenters. The first-order chi connectivity index (χ1) is 6.15. The van der Waals surface area contributed by atoms with Crippen LogP contribution in [0.2, 0.25) is 0 Å². The highest BCUT2D eigenvalue weighted by Crippen LogP contribution is 2.25. The van der Waals surface area contributed by atoms with Gasteiger partial charge >= 0.3 is 0 Å². The summed E-state index contributed by atoms with van der Waals surface area (Å²) in [7, 11) is 1.83. The molecule has 0 saturated heterocycles. The van der Waals surface area contributed by atoms with Crippen LogP contribution in [0, 0.1) is 0 Å². The van der Waals surface area contributed by atoms with E-state index in [-0.39, 0.29) is 6.10 Å². The van der Waals surface area contributed by atoms with Crippen LogP contribution in [-0.2, 0) is 7.05 Å². The zero-order valence-electron chi connectivity index (χ0n) is 7.57. The molecule has 1 heterocycles. The molecular formula is C8H14N4O. The highest BCUT2D eigenvalue weighted by Gasteiger charge is 2.27. The summed E-state index contributed by atoms with van der Waals surface area (Å²) in [6, 6.07) is 0.326. The molecule has 0 aromatic carbocycles. The molecule has 0 radical (unpaired) electrons. The molecule has 0 spiro atoms.